The van der Waals surface area contributed by atoms with Gasteiger partial charge < -0.3 is 15.3 Å². The van der Waals surface area contributed by atoms with E-state index in [0.717, 1.165) is 11.0 Å². The van der Waals surface area contributed by atoms with Crippen LogP contribution in [0.25, 0.3) is 0 Å². The van der Waals surface area contributed by atoms with Gasteiger partial charge in [-0.1, -0.05) is 20.8 Å². The van der Waals surface area contributed by atoms with Crippen LogP contribution < -0.4 is 5.32 Å². The molecule has 1 aromatic rings. The van der Waals surface area contributed by atoms with Crippen molar-refractivity contribution >= 4 is 16.7 Å². The minimum absolute atomic E-state index is 0.0391. The molecule has 1 aromatic heterocycles. The highest BCUT2D eigenvalue weighted by Crippen LogP contribution is 2.23. The molecule has 0 spiro atoms. The first kappa shape index (κ1) is 15.3. The molecule has 1 heterocycles. The lowest BCUT2D eigenvalue weighted by Crippen LogP contribution is -2.43. The minimum atomic E-state index is -0.781. The van der Waals surface area contributed by atoms with Crippen molar-refractivity contribution in [2.45, 2.75) is 38.7 Å². The lowest BCUT2D eigenvalue weighted by molar-refractivity contribution is 0.0460. The Morgan fingerprint density at radius 1 is 1.28 bits per heavy atom. The molecule has 18 heavy (non-hydrogen) atoms. The second kappa shape index (κ2) is 5.50. The van der Waals surface area contributed by atoms with Gasteiger partial charge in [0, 0.05) is 30.0 Å². The molecular formula is C12H24N4OS. The van der Waals surface area contributed by atoms with E-state index in [4.69, 9.17) is 0 Å². The summed E-state index contributed by atoms with van der Waals surface area (Å²) in [4.78, 5) is 6.40. The zero-order valence-corrected chi connectivity index (χ0v) is 12.9. The minimum Gasteiger partial charge on any atom is -0.387 e. The van der Waals surface area contributed by atoms with Crippen molar-refractivity contribution < 1.29 is 5.11 Å². The summed E-state index contributed by atoms with van der Waals surface area (Å²) in [5.74, 6) is 0.835. The summed E-state index contributed by atoms with van der Waals surface area (Å²) in [7, 11) is 3.88. The number of anilines is 1. The van der Waals surface area contributed by atoms with E-state index >= 15 is 0 Å². The van der Waals surface area contributed by atoms with E-state index in [9.17, 15) is 5.11 Å². The third-order valence-electron chi connectivity index (χ3n) is 2.37. The Morgan fingerprint density at radius 2 is 1.89 bits per heavy atom. The van der Waals surface area contributed by atoms with Gasteiger partial charge in [-0.3, -0.25) is 0 Å². The van der Waals surface area contributed by atoms with Gasteiger partial charge in [-0.2, -0.15) is 4.37 Å². The highest BCUT2D eigenvalue weighted by atomic mass is 32.1. The molecule has 0 saturated carbocycles. The Kier molecular flexibility index (Phi) is 4.69. The van der Waals surface area contributed by atoms with Gasteiger partial charge in [0.25, 0.3) is 0 Å². The number of likely N-dealkylation sites (N-methyl/N-ethyl adjacent to an activating group) is 1. The average molecular weight is 272 g/mol. The van der Waals surface area contributed by atoms with Crippen molar-refractivity contribution in [3.8, 4) is 0 Å². The van der Waals surface area contributed by atoms with E-state index in [-0.39, 0.29) is 5.41 Å². The summed E-state index contributed by atoms with van der Waals surface area (Å²) in [5.41, 5.74) is -0.820. The summed E-state index contributed by atoms with van der Waals surface area (Å²) >= 11 is 1.34. The SMILES string of the molecule is CN(C)CC(C)(O)CNc1nc(C(C)(C)C)ns1. The fourth-order valence-corrected chi connectivity index (χ4v) is 2.35. The van der Waals surface area contributed by atoms with Crippen molar-refractivity contribution in [2.24, 2.45) is 0 Å². The maximum atomic E-state index is 10.2. The van der Waals surface area contributed by atoms with Crippen molar-refractivity contribution in [1.29, 1.82) is 0 Å². The maximum absolute atomic E-state index is 10.2. The van der Waals surface area contributed by atoms with Crippen molar-refractivity contribution in [3.05, 3.63) is 5.82 Å². The molecule has 0 saturated heterocycles. The van der Waals surface area contributed by atoms with Crippen LogP contribution in [0.15, 0.2) is 0 Å². The molecule has 0 radical (unpaired) electrons. The van der Waals surface area contributed by atoms with Crippen molar-refractivity contribution in [3.63, 3.8) is 0 Å². The Hall–Kier alpha value is -0.720. The van der Waals surface area contributed by atoms with E-state index in [2.05, 4.69) is 35.4 Å². The van der Waals surface area contributed by atoms with Gasteiger partial charge in [-0.15, -0.1) is 0 Å². The summed E-state index contributed by atoms with van der Waals surface area (Å²) in [6.45, 7) is 9.13. The first-order valence-electron chi connectivity index (χ1n) is 6.05. The molecular weight excluding hydrogens is 248 g/mol. The normalized spacial score (nSPS) is 15.8. The lowest BCUT2D eigenvalue weighted by Gasteiger charge is -2.26. The zero-order chi connectivity index (χ0) is 14.0. The number of nitrogens with one attached hydrogen (secondary N) is 1. The van der Waals surface area contributed by atoms with Crippen LogP contribution in [0.5, 0.6) is 0 Å². The molecule has 0 aliphatic rings. The molecule has 0 amide bonds. The lowest BCUT2D eigenvalue weighted by atomic mass is 9.96. The monoisotopic (exact) mass is 272 g/mol. The van der Waals surface area contributed by atoms with Gasteiger partial charge in [0.15, 0.2) is 0 Å². The van der Waals surface area contributed by atoms with Crippen LogP contribution in [0.1, 0.15) is 33.5 Å². The number of aromatic nitrogens is 2. The highest BCUT2D eigenvalue weighted by Gasteiger charge is 2.23. The van der Waals surface area contributed by atoms with E-state index in [1.807, 2.05) is 25.9 Å². The van der Waals surface area contributed by atoms with Crippen LogP contribution in [0.3, 0.4) is 0 Å². The van der Waals surface area contributed by atoms with E-state index in [1.54, 1.807) is 0 Å². The highest BCUT2D eigenvalue weighted by molar-refractivity contribution is 7.09. The van der Waals surface area contributed by atoms with Crippen LogP contribution in [0.4, 0.5) is 5.13 Å². The fourth-order valence-electron chi connectivity index (χ4n) is 1.60. The molecule has 0 aromatic carbocycles. The molecule has 104 valence electrons. The number of aliphatic hydroxyl groups is 1. The number of nitrogens with zero attached hydrogens (tertiary/aromatic N) is 3. The zero-order valence-electron chi connectivity index (χ0n) is 12.1. The van der Waals surface area contributed by atoms with Gasteiger partial charge >= 0.3 is 0 Å². The van der Waals surface area contributed by atoms with E-state index in [0.29, 0.717) is 13.1 Å². The molecule has 5 nitrogen and oxygen atoms in total. The van der Waals surface area contributed by atoms with Crippen LogP contribution in [-0.2, 0) is 5.41 Å². The van der Waals surface area contributed by atoms with Gasteiger partial charge in [0.1, 0.15) is 5.82 Å². The molecule has 0 fully saturated rings. The Labute approximate surface area is 113 Å². The first-order valence-corrected chi connectivity index (χ1v) is 6.83. The van der Waals surface area contributed by atoms with Crippen molar-refractivity contribution in [1.82, 2.24) is 14.3 Å². The van der Waals surface area contributed by atoms with Gasteiger partial charge in [-0.05, 0) is 21.0 Å². The third kappa shape index (κ3) is 4.88. The first-order chi connectivity index (χ1) is 8.10. The largest absolute Gasteiger partial charge is 0.387 e. The van der Waals surface area contributed by atoms with Gasteiger partial charge in [-0.25, -0.2) is 4.98 Å². The van der Waals surface area contributed by atoms with E-state index in [1.165, 1.54) is 11.5 Å². The molecule has 2 N–H and O–H groups in total. The number of hydrogen-bond acceptors (Lipinski definition) is 6. The molecule has 0 bridgehead atoms. The van der Waals surface area contributed by atoms with E-state index < -0.39 is 5.60 Å². The van der Waals surface area contributed by atoms with Crippen molar-refractivity contribution in [2.75, 3.05) is 32.5 Å². The predicted octanol–water partition coefficient (Wildman–Crippen LogP) is 1.56. The molecule has 6 heteroatoms. The molecule has 1 rings (SSSR count). The van der Waals surface area contributed by atoms with Gasteiger partial charge in [0.05, 0.1) is 5.60 Å². The van der Waals surface area contributed by atoms with Crippen LogP contribution in [0, 0.1) is 0 Å². The van der Waals surface area contributed by atoms with Crippen LogP contribution in [-0.4, -0.2) is 52.1 Å². The van der Waals surface area contributed by atoms with Crippen LogP contribution >= 0.6 is 11.5 Å². The fraction of sp³-hybridized carbons (Fsp3) is 0.833. The summed E-state index contributed by atoms with van der Waals surface area (Å²) < 4.78 is 4.33. The maximum Gasteiger partial charge on any atom is 0.202 e. The molecule has 1 atom stereocenters. The molecule has 0 aliphatic heterocycles. The average Bonchev–Trinajstić information content (AvgIpc) is 2.60. The third-order valence-corrected chi connectivity index (χ3v) is 3.05. The number of hydrogen-bond donors (Lipinski definition) is 2. The molecule has 0 aliphatic carbocycles. The Bertz CT molecular complexity index is 382. The van der Waals surface area contributed by atoms with Gasteiger partial charge in [0.2, 0.25) is 5.13 Å². The summed E-state index contributed by atoms with van der Waals surface area (Å²) in [6.07, 6.45) is 0. The molecule has 1 unspecified atom stereocenters. The summed E-state index contributed by atoms with van der Waals surface area (Å²) in [5, 5.41) is 14.1. The predicted molar refractivity (Wildman–Crippen MR) is 76.3 cm³/mol. The quantitative estimate of drug-likeness (QED) is 0.852. The van der Waals surface area contributed by atoms with Crippen LogP contribution in [0.2, 0.25) is 0 Å². The Balaban J connectivity index is 2.56. The number of rotatable bonds is 5. The second-order valence-electron chi connectivity index (χ2n) is 6.26. The topological polar surface area (TPSA) is 61.3 Å². The summed E-state index contributed by atoms with van der Waals surface area (Å²) in [6, 6.07) is 0. The second-order valence-corrected chi connectivity index (χ2v) is 7.01. The smallest absolute Gasteiger partial charge is 0.202 e. The standard InChI is InChI=1S/C12H24N4OS/c1-11(2,3)9-14-10(18-15-9)13-7-12(4,17)8-16(5)6/h17H,7-8H2,1-6H3,(H,13,14,15). The Morgan fingerprint density at radius 3 is 2.33 bits per heavy atom.